The molecule has 1 aromatic rings. The number of hydrogen-bond acceptors (Lipinski definition) is 5. The van der Waals surface area contributed by atoms with Crippen molar-refractivity contribution >= 4 is 9.84 Å². The second-order valence-electron chi connectivity index (χ2n) is 4.18. The largest absolute Gasteiger partial charge is 0.307 e. The molecular weight excluding hydrogens is 228 g/mol. The van der Waals surface area contributed by atoms with Crippen molar-refractivity contribution in [2.45, 2.75) is 32.0 Å². The average Bonchev–Trinajstić information content (AvgIpc) is 2.90. The first-order valence-electron chi connectivity index (χ1n) is 5.32. The van der Waals surface area contributed by atoms with Gasteiger partial charge in [0.25, 0.3) is 0 Å². The Morgan fingerprint density at radius 3 is 2.94 bits per heavy atom. The molecule has 0 saturated heterocycles. The van der Waals surface area contributed by atoms with Crippen LogP contribution in [0.2, 0.25) is 0 Å². The van der Waals surface area contributed by atoms with Crippen LogP contribution >= 0.6 is 0 Å². The highest BCUT2D eigenvalue weighted by Gasteiger charge is 2.21. The van der Waals surface area contributed by atoms with Gasteiger partial charge in [0.15, 0.2) is 0 Å². The maximum Gasteiger partial charge on any atom is 0.149 e. The van der Waals surface area contributed by atoms with Crippen LogP contribution in [0.25, 0.3) is 0 Å². The van der Waals surface area contributed by atoms with Gasteiger partial charge in [0.1, 0.15) is 22.0 Å². The molecule has 6 nitrogen and oxygen atoms in total. The van der Waals surface area contributed by atoms with Gasteiger partial charge >= 0.3 is 0 Å². The molecule has 1 heterocycles. The Morgan fingerprint density at radius 1 is 1.56 bits per heavy atom. The Labute approximate surface area is 95.0 Å². The summed E-state index contributed by atoms with van der Waals surface area (Å²) in [7, 11) is -2.94. The minimum atomic E-state index is -2.94. The first-order valence-corrected chi connectivity index (χ1v) is 7.38. The van der Waals surface area contributed by atoms with Crippen LogP contribution in [0, 0.1) is 0 Å². The smallest absolute Gasteiger partial charge is 0.149 e. The highest BCUT2D eigenvalue weighted by Crippen LogP contribution is 2.18. The number of nitrogens with zero attached hydrogens (tertiary/aromatic N) is 3. The summed E-state index contributed by atoms with van der Waals surface area (Å²) < 4.78 is 23.7. The summed E-state index contributed by atoms with van der Waals surface area (Å²) in [5, 5.41) is 7.34. The highest BCUT2D eigenvalue weighted by atomic mass is 32.2. The van der Waals surface area contributed by atoms with Gasteiger partial charge in [-0.1, -0.05) is 0 Å². The summed E-state index contributed by atoms with van der Waals surface area (Å²) in [5.74, 6) is 0.905. The molecule has 0 aromatic carbocycles. The van der Waals surface area contributed by atoms with Crippen molar-refractivity contribution in [1.82, 2.24) is 20.1 Å². The third kappa shape index (κ3) is 3.57. The van der Waals surface area contributed by atoms with E-state index in [9.17, 15) is 8.42 Å². The number of aromatic nitrogens is 3. The van der Waals surface area contributed by atoms with Crippen molar-refractivity contribution in [2.24, 2.45) is 0 Å². The number of sulfone groups is 1. The van der Waals surface area contributed by atoms with E-state index in [1.54, 1.807) is 4.68 Å². The molecule has 0 unspecified atom stereocenters. The molecule has 7 heteroatoms. The Kier molecular flexibility index (Phi) is 3.25. The fraction of sp³-hybridized carbons (Fsp3) is 0.778. The topological polar surface area (TPSA) is 76.9 Å². The zero-order chi connectivity index (χ0) is 11.6. The molecule has 1 saturated carbocycles. The lowest BCUT2D eigenvalue weighted by Crippen LogP contribution is -2.21. The lowest BCUT2D eigenvalue weighted by Gasteiger charge is -2.05. The average molecular weight is 244 g/mol. The predicted octanol–water partition coefficient (Wildman–Crippen LogP) is -0.425. The van der Waals surface area contributed by atoms with Crippen molar-refractivity contribution in [2.75, 3.05) is 12.0 Å². The molecule has 1 aliphatic carbocycles. The summed E-state index contributed by atoms with van der Waals surface area (Å²) in [6.45, 7) is 1.04. The second kappa shape index (κ2) is 4.50. The maximum atomic E-state index is 11.0. The van der Waals surface area contributed by atoms with Gasteiger partial charge in [-0.05, 0) is 12.8 Å². The van der Waals surface area contributed by atoms with Gasteiger partial charge in [0, 0.05) is 12.3 Å². The molecule has 0 radical (unpaired) electrons. The molecule has 0 spiro atoms. The van der Waals surface area contributed by atoms with Crippen LogP contribution in [0.15, 0.2) is 6.33 Å². The van der Waals surface area contributed by atoms with E-state index in [2.05, 4.69) is 15.4 Å². The van der Waals surface area contributed by atoms with Crippen molar-refractivity contribution in [3.63, 3.8) is 0 Å². The molecule has 0 atom stereocenters. The van der Waals surface area contributed by atoms with E-state index in [1.165, 1.54) is 25.4 Å². The van der Waals surface area contributed by atoms with Crippen molar-refractivity contribution in [3.8, 4) is 0 Å². The van der Waals surface area contributed by atoms with E-state index < -0.39 is 9.84 Å². The summed E-state index contributed by atoms with van der Waals surface area (Å²) >= 11 is 0. The molecule has 90 valence electrons. The van der Waals surface area contributed by atoms with Crippen molar-refractivity contribution in [3.05, 3.63) is 12.2 Å². The number of aryl methyl sites for hydroxylation is 1. The molecule has 0 aliphatic heterocycles. The van der Waals surface area contributed by atoms with Gasteiger partial charge in [-0.2, -0.15) is 5.10 Å². The summed E-state index contributed by atoms with van der Waals surface area (Å²) in [4.78, 5) is 4.11. The Hall–Kier alpha value is -0.950. The van der Waals surface area contributed by atoms with Crippen LogP contribution in [0.1, 0.15) is 18.7 Å². The third-order valence-electron chi connectivity index (χ3n) is 2.50. The number of hydrogen-bond donors (Lipinski definition) is 1. The van der Waals surface area contributed by atoms with E-state index in [4.69, 9.17) is 0 Å². The number of rotatable bonds is 6. The molecule has 2 rings (SSSR count). The SMILES string of the molecule is CS(=O)(=O)CCn1ncnc1CNC1CC1. The molecule has 1 N–H and O–H groups in total. The normalized spacial score (nSPS) is 16.6. The van der Waals surface area contributed by atoms with Crippen LogP contribution in [-0.2, 0) is 22.9 Å². The lowest BCUT2D eigenvalue weighted by molar-refractivity contribution is 0.557. The maximum absolute atomic E-state index is 11.0. The minimum absolute atomic E-state index is 0.104. The Morgan fingerprint density at radius 2 is 2.31 bits per heavy atom. The van der Waals surface area contributed by atoms with Crippen LogP contribution in [0.3, 0.4) is 0 Å². The molecule has 1 fully saturated rings. The predicted molar refractivity (Wildman–Crippen MR) is 59.6 cm³/mol. The zero-order valence-electron chi connectivity index (χ0n) is 9.26. The molecule has 1 aromatic heterocycles. The fourth-order valence-electron chi connectivity index (χ4n) is 1.39. The van der Waals surface area contributed by atoms with E-state index in [0.29, 0.717) is 19.1 Å². The Balaban J connectivity index is 1.89. The summed E-state index contributed by atoms with van der Waals surface area (Å²) in [6, 6.07) is 0.611. The molecule has 1 aliphatic rings. The molecule has 16 heavy (non-hydrogen) atoms. The molecule has 0 bridgehead atoms. The van der Waals surface area contributed by atoms with E-state index in [-0.39, 0.29) is 5.75 Å². The molecule has 0 amide bonds. The lowest BCUT2D eigenvalue weighted by atomic mass is 10.5. The zero-order valence-corrected chi connectivity index (χ0v) is 10.1. The van der Waals surface area contributed by atoms with Crippen LogP contribution < -0.4 is 5.32 Å². The van der Waals surface area contributed by atoms with Gasteiger partial charge in [-0.15, -0.1) is 0 Å². The standard InChI is InChI=1S/C9H16N4O2S/c1-16(14,15)5-4-13-9(11-7-12-13)6-10-8-2-3-8/h7-8,10H,2-6H2,1H3. The van der Waals surface area contributed by atoms with Gasteiger partial charge < -0.3 is 5.32 Å². The van der Waals surface area contributed by atoms with E-state index >= 15 is 0 Å². The van der Waals surface area contributed by atoms with Crippen LogP contribution in [-0.4, -0.2) is 41.2 Å². The van der Waals surface area contributed by atoms with Crippen molar-refractivity contribution in [1.29, 1.82) is 0 Å². The van der Waals surface area contributed by atoms with Crippen LogP contribution in [0.5, 0.6) is 0 Å². The van der Waals surface area contributed by atoms with Gasteiger partial charge in [-0.3, -0.25) is 0 Å². The summed E-state index contributed by atoms with van der Waals surface area (Å²) in [6.07, 6.45) is 5.13. The summed E-state index contributed by atoms with van der Waals surface area (Å²) in [5.41, 5.74) is 0. The van der Waals surface area contributed by atoms with E-state index in [0.717, 1.165) is 5.82 Å². The minimum Gasteiger partial charge on any atom is -0.307 e. The third-order valence-corrected chi connectivity index (χ3v) is 3.42. The number of nitrogens with one attached hydrogen (secondary N) is 1. The van der Waals surface area contributed by atoms with Crippen LogP contribution in [0.4, 0.5) is 0 Å². The first kappa shape index (κ1) is 11.5. The van der Waals surface area contributed by atoms with E-state index in [1.807, 2.05) is 0 Å². The van der Waals surface area contributed by atoms with Gasteiger partial charge in [0.05, 0.1) is 18.8 Å². The van der Waals surface area contributed by atoms with Crippen molar-refractivity contribution < 1.29 is 8.42 Å². The fourth-order valence-corrected chi connectivity index (χ4v) is 1.89. The first-order chi connectivity index (χ1) is 7.54. The molecular formula is C9H16N4O2S. The second-order valence-corrected chi connectivity index (χ2v) is 6.44. The monoisotopic (exact) mass is 244 g/mol. The highest BCUT2D eigenvalue weighted by molar-refractivity contribution is 7.90. The van der Waals surface area contributed by atoms with Gasteiger partial charge in [0.2, 0.25) is 0 Å². The quantitative estimate of drug-likeness (QED) is 0.735. The van der Waals surface area contributed by atoms with Gasteiger partial charge in [-0.25, -0.2) is 18.1 Å². The Bertz CT molecular complexity index is 450.